The molecular weight excluding hydrogens is 240 g/mol. The fourth-order valence-electron chi connectivity index (χ4n) is 4.16. The summed E-state index contributed by atoms with van der Waals surface area (Å²) >= 11 is 0. The minimum absolute atomic E-state index is 0.0251. The van der Waals surface area contributed by atoms with Crippen molar-refractivity contribution in [2.45, 2.75) is 39.0 Å². The van der Waals surface area contributed by atoms with Gasteiger partial charge in [-0.3, -0.25) is 9.59 Å². The minimum atomic E-state index is -0.582. The summed E-state index contributed by atoms with van der Waals surface area (Å²) in [6, 6.07) is 0. The van der Waals surface area contributed by atoms with Crippen LogP contribution in [-0.2, 0) is 14.3 Å². The molecule has 0 amide bonds. The Morgan fingerprint density at radius 3 is 2.79 bits per heavy atom. The van der Waals surface area contributed by atoms with Crippen LogP contribution in [-0.4, -0.2) is 18.7 Å². The smallest absolute Gasteiger partial charge is 0.204 e. The lowest BCUT2D eigenvalue weighted by Gasteiger charge is -2.48. The minimum Gasteiger partial charge on any atom is -0.493 e. The highest BCUT2D eigenvalue weighted by Gasteiger charge is 2.56. The molecule has 0 N–H and O–H groups in total. The standard InChI is InChI=1S/C16H20O3/c1-16-11-6-4-3-5-10(11)7-8-12(16)13(17)9-14(19-2)15(16)18/h7,9,11-12H,3-6,8H2,1-2H3/t11-,12-,16?/m1/s1. The second-order valence-corrected chi connectivity index (χ2v) is 6.09. The third kappa shape index (κ3) is 1.63. The molecule has 1 saturated carbocycles. The summed E-state index contributed by atoms with van der Waals surface area (Å²) in [6.07, 6.45) is 8.79. The monoisotopic (exact) mass is 260 g/mol. The van der Waals surface area contributed by atoms with Crippen LogP contribution in [0.5, 0.6) is 0 Å². The second-order valence-electron chi connectivity index (χ2n) is 6.09. The van der Waals surface area contributed by atoms with E-state index in [0.717, 1.165) is 19.3 Å². The maximum Gasteiger partial charge on any atom is 0.204 e. The molecule has 3 heteroatoms. The van der Waals surface area contributed by atoms with Gasteiger partial charge in [0, 0.05) is 12.0 Å². The third-order valence-corrected chi connectivity index (χ3v) is 5.27. The molecule has 0 aromatic carbocycles. The molecule has 3 atom stereocenters. The van der Waals surface area contributed by atoms with Crippen molar-refractivity contribution in [2.24, 2.45) is 17.3 Å². The fraction of sp³-hybridized carbons (Fsp3) is 0.625. The fourth-order valence-corrected chi connectivity index (χ4v) is 4.16. The molecule has 3 aliphatic carbocycles. The van der Waals surface area contributed by atoms with Crippen LogP contribution < -0.4 is 0 Å². The van der Waals surface area contributed by atoms with Gasteiger partial charge in [0.1, 0.15) is 0 Å². The molecule has 3 nitrogen and oxygen atoms in total. The van der Waals surface area contributed by atoms with Crippen LogP contribution in [0.25, 0.3) is 0 Å². The number of ketones is 2. The number of hydrogen-bond donors (Lipinski definition) is 0. The number of allylic oxidation sites excluding steroid dienone is 4. The van der Waals surface area contributed by atoms with Gasteiger partial charge >= 0.3 is 0 Å². The zero-order chi connectivity index (χ0) is 13.6. The molecule has 0 aromatic heterocycles. The molecule has 19 heavy (non-hydrogen) atoms. The van der Waals surface area contributed by atoms with E-state index >= 15 is 0 Å². The van der Waals surface area contributed by atoms with Crippen molar-refractivity contribution in [1.29, 1.82) is 0 Å². The van der Waals surface area contributed by atoms with Gasteiger partial charge in [0.2, 0.25) is 5.78 Å². The van der Waals surface area contributed by atoms with Gasteiger partial charge in [-0.15, -0.1) is 0 Å². The lowest BCUT2D eigenvalue weighted by atomic mass is 9.53. The van der Waals surface area contributed by atoms with Gasteiger partial charge < -0.3 is 4.74 Å². The molecule has 0 heterocycles. The van der Waals surface area contributed by atoms with Gasteiger partial charge in [0.05, 0.1) is 12.5 Å². The number of carbonyl (C=O) groups is 2. The van der Waals surface area contributed by atoms with Crippen LogP contribution in [0.4, 0.5) is 0 Å². The molecule has 0 radical (unpaired) electrons. The van der Waals surface area contributed by atoms with Crippen molar-refractivity contribution in [2.75, 3.05) is 7.11 Å². The lowest BCUT2D eigenvalue weighted by molar-refractivity contribution is -0.143. The zero-order valence-corrected chi connectivity index (χ0v) is 11.6. The number of Topliss-reactive ketones (excluding diaryl/α,β-unsaturated/α-hetero) is 1. The lowest BCUT2D eigenvalue weighted by Crippen LogP contribution is -2.51. The van der Waals surface area contributed by atoms with Crippen molar-refractivity contribution in [3.05, 3.63) is 23.5 Å². The summed E-state index contributed by atoms with van der Waals surface area (Å²) in [5.74, 6) is 0.369. The summed E-state index contributed by atoms with van der Waals surface area (Å²) in [5, 5.41) is 0. The molecule has 0 bridgehead atoms. The molecule has 3 rings (SSSR count). The van der Waals surface area contributed by atoms with E-state index in [9.17, 15) is 9.59 Å². The number of ether oxygens (including phenoxy) is 1. The van der Waals surface area contributed by atoms with Crippen molar-refractivity contribution >= 4 is 11.6 Å². The molecule has 1 unspecified atom stereocenters. The van der Waals surface area contributed by atoms with Gasteiger partial charge in [-0.1, -0.05) is 25.0 Å². The van der Waals surface area contributed by atoms with E-state index in [4.69, 9.17) is 4.74 Å². The van der Waals surface area contributed by atoms with Crippen molar-refractivity contribution in [1.82, 2.24) is 0 Å². The van der Waals surface area contributed by atoms with Gasteiger partial charge in [-0.25, -0.2) is 0 Å². The quantitative estimate of drug-likeness (QED) is 0.681. The Balaban J connectivity index is 2.09. The molecule has 0 spiro atoms. The Morgan fingerprint density at radius 2 is 2.05 bits per heavy atom. The van der Waals surface area contributed by atoms with Gasteiger partial charge in [0.15, 0.2) is 11.5 Å². The van der Waals surface area contributed by atoms with Gasteiger partial charge in [-0.2, -0.15) is 0 Å². The topological polar surface area (TPSA) is 43.4 Å². The maximum absolute atomic E-state index is 12.7. The molecule has 0 saturated heterocycles. The molecular formula is C16H20O3. The highest BCUT2D eigenvalue weighted by atomic mass is 16.5. The number of fused-ring (bicyclic) bond motifs is 3. The molecule has 1 fully saturated rings. The van der Waals surface area contributed by atoms with E-state index in [1.165, 1.54) is 25.2 Å². The van der Waals surface area contributed by atoms with Crippen LogP contribution in [0.3, 0.4) is 0 Å². The predicted octanol–water partition coefficient (Wildman–Crippen LogP) is 2.81. The van der Waals surface area contributed by atoms with Gasteiger partial charge in [0.25, 0.3) is 0 Å². The van der Waals surface area contributed by atoms with Crippen molar-refractivity contribution < 1.29 is 14.3 Å². The number of hydrogen-bond acceptors (Lipinski definition) is 3. The predicted molar refractivity (Wildman–Crippen MR) is 71.4 cm³/mol. The van der Waals surface area contributed by atoms with Crippen LogP contribution in [0.15, 0.2) is 23.5 Å². The summed E-state index contributed by atoms with van der Waals surface area (Å²) in [5.41, 5.74) is 0.810. The number of rotatable bonds is 1. The highest BCUT2D eigenvalue weighted by Crippen LogP contribution is 2.54. The molecule has 3 aliphatic rings. The first kappa shape index (κ1) is 12.6. The first-order valence-corrected chi connectivity index (χ1v) is 7.12. The van der Waals surface area contributed by atoms with E-state index in [0.29, 0.717) is 6.42 Å². The van der Waals surface area contributed by atoms with E-state index in [1.54, 1.807) is 0 Å². The van der Waals surface area contributed by atoms with Gasteiger partial charge in [-0.05, 0) is 31.6 Å². The molecule has 0 aliphatic heterocycles. The Kier molecular flexibility index (Phi) is 2.88. The maximum atomic E-state index is 12.7. The average molecular weight is 260 g/mol. The molecule has 102 valence electrons. The Bertz CT molecular complexity index is 500. The molecule has 0 aromatic rings. The largest absolute Gasteiger partial charge is 0.493 e. The average Bonchev–Trinajstić information content (AvgIpc) is 2.43. The van der Waals surface area contributed by atoms with Crippen molar-refractivity contribution in [3.8, 4) is 0 Å². The third-order valence-electron chi connectivity index (χ3n) is 5.27. The zero-order valence-electron chi connectivity index (χ0n) is 11.6. The summed E-state index contributed by atoms with van der Waals surface area (Å²) in [4.78, 5) is 25.0. The number of carbonyl (C=O) groups excluding carboxylic acids is 2. The van der Waals surface area contributed by atoms with E-state index < -0.39 is 5.41 Å². The summed E-state index contributed by atoms with van der Waals surface area (Å²) in [7, 11) is 1.47. The van der Waals surface area contributed by atoms with Crippen LogP contribution in [0.2, 0.25) is 0 Å². The van der Waals surface area contributed by atoms with E-state index in [2.05, 4.69) is 6.08 Å². The van der Waals surface area contributed by atoms with Crippen molar-refractivity contribution in [3.63, 3.8) is 0 Å². The van der Waals surface area contributed by atoms with E-state index in [1.807, 2.05) is 6.92 Å². The van der Waals surface area contributed by atoms with E-state index in [-0.39, 0.29) is 29.2 Å². The summed E-state index contributed by atoms with van der Waals surface area (Å²) in [6.45, 7) is 1.98. The first-order chi connectivity index (χ1) is 9.09. The Labute approximate surface area is 113 Å². The normalized spacial score (nSPS) is 38.0. The number of methoxy groups -OCH3 is 1. The van der Waals surface area contributed by atoms with Crippen LogP contribution in [0.1, 0.15) is 39.0 Å². The highest BCUT2D eigenvalue weighted by molar-refractivity contribution is 6.12. The first-order valence-electron chi connectivity index (χ1n) is 7.12. The Hall–Kier alpha value is -1.38. The SMILES string of the molecule is COC1=CC(=O)[C@H]2CC=C3CCCC[C@H]3C2(C)C1=O. The van der Waals surface area contributed by atoms with Crippen LogP contribution >= 0.6 is 0 Å². The van der Waals surface area contributed by atoms with Crippen LogP contribution in [0, 0.1) is 17.3 Å². The second kappa shape index (κ2) is 4.32. The Morgan fingerprint density at radius 1 is 1.26 bits per heavy atom. The summed E-state index contributed by atoms with van der Waals surface area (Å²) < 4.78 is 5.14.